The highest BCUT2D eigenvalue weighted by Crippen LogP contribution is 2.15. The number of pyridine rings is 1. The van der Waals surface area contributed by atoms with Gasteiger partial charge in [0.1, 0.15) is 18.5 Å². The molecular weight excluding hydrogens is 460 g/mol. The number of nitrogens with zero attached hydrogens (tertiary/aromatic N) is 2. The van der Waals surface area contributed by atoms with Crippen LogP contribution in [-0.2, 0) is 26.2 Å². The second kappa shape index (κ2) is 12.6. The average Bonchev–Trinajstić information content (AvgIpc) is 2.77. The van der Waals surface area contributed by atoms with Crippen LogP contribution in [0.5, 0.6) is 0 Å². The number of benzene rings is 1. The van der Waals surface area contributed by atoms with E-state index in [1.54, 1.807) is 32.0 Å². The second-order valence-corrected chi connectivity index (χ2v) is 9.55. The van der Waals surface area contributed by atoms with Gasteiger partial charge in [-0.2, -0.15) is 5.06 Å². The van der Waals surface area contributed by atoms with Gasteiger partial charge in [-0.3, -0.25) is 19.1 Å². The lowest BCUT2D eigenvalue weighted by atomic mass is 10.2. The molecule has 0 radical (unpaired) electrons. The van der Waals surface area contributed by atoms with Crippen molar-refractivity contribution in [3.8, 4) is 0 Å². The molecule has 1 heterocycles. The number of carbonyl (C=O) groups is 1. The number of rotatable bonds is 13. The highest BCUT2D eigenvalue weighted by atomic mass is 32.2. The predicted molar refractivity (Wildman–Crippen MR) is 130 cm³/mol. The Kier molecular flexibility index (Phi) is 10.2. The van der Waals surface area contributed by atoms with E-state index in [1.165, 1.54) is 27.8 Å². The van der Waals surface area contributed by atoms with Crippen LogP contribution in [0.2, 0.25) is 0 Å². The smallest absolute Gasteiger partial charge is 0.275 e. The molecule has 0 saturated carbocycles. The number of carbonyl (C=O) groups excluding carboxylic acids is 1. The fourth-order valence-electron chi connectivity index (χ4n) is 3.10. The van der Waals surface area contributed by atoms with E-state index in [4.69, 9.17) is 16.3 Å². The van der Waals surface area contributed by atoms with E-state index in [0.29, 0.717) is 12.2 Å². The van der Waals surface area contributed by atoms with Crippen molar-refractivity contribution in [2.24, 2.45) is 11.5 Å². The number of aromatic nitrogens is 1. The largest absolute Gasteiger partial charge is 0.352 e. The normalized spacial score (nSPS) is 11.7. The highest BCUT2D eigenvalue weighted by molar-refractivity contribution is 7.92. The van der Waals surface area contributed by atoms with Gasteiger partial charge in [0.15, 0.2) is 0 Å². The fraction of sp³-hybridized carbons (Fsp3) is 0.455. The minimum absolute atomic E-state index is 0.0435. The second-order valence-electron chi connectivity index (χ2n) is 7.87. The molecule has 0 spiro atoms. The van der Waals surface area contributed by atoms with E-state index in [1.807, 2.05) is 6.92 Å². The van der Waals surface area contributed by atoms with Crippen LogP contribution in [0.4, 0.5) is 5.69 Å². The molecule has 0 aliphatic heterocycles. The maximum atomic E-state index is 12.9. The Balaban J connectivity index is 2.02. The topological polar surface area (TPSA) is 162 Å². The number of unbranched alkanes of at least 4 members (excludes halogenated alkanes) is 1. The molecule has 188 valence electrons. The first-order chi connectivity index (χ1) is 16.0. The number of aryl methyl sites for hydroxylation is 2. The Morgan fingerprint density at radius 3 is 2.59 bits per heavy atom. The molecule has 0 fully saturated rings. The summed E-state index contributed by atoms with van der Waals surface area (Å²) in [4.78, 5) is 30.8. The summed E-state index contributed by atoms with van der Waals surface area (Å²) < 4.78 is 28.9. The number of sulfonamides is 1. The maximum absolute atomic E-state index is 12.9. The van der Waals surface area contributed by atoms with Crippen molar-refractivity contribution < 1.29 is 18.0 Å². The van der Waals surface area contributed by atoms with Gasteiger partial charge in [0.05, 0.1) is 11.5 Å². The molecule has 0 saturated heterocycles. The quantitative estimate of drug-likeness (QED) is 0.179. The molecule has 0 aliphatic carbocycles. The minimum Gasteiger partial charge on any atom is -0.352 e. The van der Waals surface area contributed by atoms with E-state index in [0.717, 1.165) is 18.4 Å². The molecule has 6 N–H and O–H groups in total. The summed E-state index contributed by atoms with van der Waals surface area (Å²) in [5.74, 6) is -0.426. The van der Waals surface area contributed by atoms with Crippen LogP contribution in [0.3, 0.4) is 0 Å². The number of nitrogens with one attached hydrogen (secondary N) is 2. The third kappa shape index (κ3) is 7.92. The highest BCUT2D eigenvalue weighted by Gasteiger charge is 2.18. The Morgan fingerprint density at radius 2 is 1.94 bits per heavy atom. The Hall–Kier alpha value is -2.77. The van der Waals surface area contributed by atoms with Crippen LogP contribution in [0.1, 0.15) is 31.0 Å². The van der Waals surface area contributed by atoms with Crippen LogP contribution in [0, 0.1) is 13.8 Å². The standard InChI is InChI=1S/C22H34N6O5S/c1-4-5-12-28(22(23)24)33-13-11-25-20(29)15-27-17(3)9-10-19(21(27)30)26-34(31,32)18-8-6-7-16(2)14-18/h6-10,14,22,26H,4-5,11-13,15,23-24H2,1-3H3,(H,25,29). The molecule has 1 aromatic carbocycles. The summed E-state index contributed by atoms with van der Waals surface area (Å²) in [6.07, 6.45) is 1.05. The van der Waals surface area contributed by atoms with Crippen molar-refractivity contribution in [1.29, 1.82) is 0 Å². The predicted octanol–water partition coefficient (Wildman–Crippen LogP) is 0.617. The first kappa shape index (κ1) is 27.5. The van der Waals surface area contributed by atoms with Crippen LogP contribution in [0.25, 0.3) is 0 Å². The summed E-state index contributed by atoms with van der Waals surface area (Å²) in [5, 5.41) is 4.12. The Labute approximate surface area is 200 Å². The van der Waals surface area contributed by atoms with Crippen molar-refractivity contribution in [3.05, 3.63) is 58.0 Å². The van der Waals surface area contributed by atoms with Crippen molar-refractivity contribution in [2.75, 3.05) is 24.4 Å². The number of anilines is 1. The SMILES string of the molecule is CCCCN(OCCNC(=O)Cn1c(C)ccc(NS(=O)(=O)c2cccc(C)c2)c1=O)C(N)N. The molecule has 11 nitrogen and oxygen atoms in total. The molecule has 0 bridgehead atoms. The zero-order valence-electron chi connectivity index (χ0n) is 19.8. The lowest BCUT2D eigenvalue weighted by Crippen LogP contribution is -2.49. The Morgan fingerprint density at radius 1 is 1.21 bits per heavy atom. The van der Waals surface area contributed by atoms with Gasteiger partial charge in [-0.25, -0.2) is 8.42 Å². The van der Waals surface area contributed by atoms with Gasteiger partial charge >= 0.3 is 0 Å². The zero-order chi connectivity index (χ0) is 25.3. The summed E-state index contributed by atoms with van der Waals surface area (Å²) in [7, 11) is -3.96. The van der Waals surface area contributed by atoms with Gasteiger partial charge in [0.25, 0.3) is 15.6 Å². The van der Waals surface area contributed by atoms with Crippen LogP contribution < -0.4 is 27.1 Å². The molecular formula is C22H34N6O5S. The molecule has 2 aromatic rings. The fourth-order valence-corrected chi connectivity index (χ4v) is 4.26. The van der Waals surface area contributed by atoms with Crippen molar-refractivity contribution >= 4 is 21.6 Å². The summed E-state index contributed by atoms with van der Waals surface area (Å²) >= 11 is 0. The number of amides is 1. The van der Waals surface area contributed by atoms with E-state index in [-0.39, 0.29) is 30.3 Å². The number of hydrogen-bond acceptors (Lipinski definition) is 8. The molecule has 0 unspecified atom stereocenters. The third-order valence-electron chi connectivity index (χ3n) is 4.98. The Bertz CT molecular complexity index is 1130. The monoisotopic (exact) mass is 494 g/mol. The summed E-state index contributed by atoms with van der Waals surface area (Å²) in [6.45, 7) is 6.10. The lowest BCUT2D eigenvalue weighted by Gasteiger charge is -2.24. The molecule has 34 heavy (non-hydrogen) atoms. The van der Waals surface area contributed by atoms with Gasteiger partial charge in [0, 0.05) is 18.8 Å². The maximum Gasteiger partial charge on any atom is 0.275 e. The first-order valence-electron chi connectivity index (χ1n) is 11.0. The molecule has 2 rings (SSSR count). The minimum atomic E-state index is -3.96. The lowest BCUT2D eigenvalue weighted by molar-refractivity contribution is -0.184. The van der Waals surface area contributed by atoms with Gasteiger partial charge < -0.3 is 21.4 Å². The average molecular weight is 495 g/mol. The van der Waals surface area contributed by atoms with Crippen molar-refractivity contribution in [3.63, 3.8) is 0 Å². The van der Waals surface area contributed by atoms with Crippen LogP contribution in [0.15, 0.2) is 46.1 Å². The number of hydrogen-bond donors (Lipinski definition) is 4. The van der Waals surface area contributed by atoms with Crippen LogP contribution in [-0.4, -0.2) is 49.9 Å². The van der Waals surface area contributed by atoms with Gasteiger partial charge in [-0.1, -0.05) is 25.5 Å². The number of hydroxylamine groups is 2. The van der Waals surface area contributed by atoms with Crippen molar-refractivity contribution in [1.82, 2.24) is 14.9 Å². The molecule has 1 aromatic heterocycles. The summed E-state index contributed by atoms with van der Waals surface area (Å²) in [6, 6.07) is 9.29. The molecule has 1 amide bonds. The van der Waals surface area contributed by atoms with Crippen LogP contribution >= 0.6 is 0 Å². The van der Waals surface area contributed by atoms with E-state index in [2.05, 4.69) is 10.0 Å². The first-order valence-corrected chi connectivity index (χ1v) is 12.5. The zero-order valence-corrected chi connectivity index (χ0v) is 20.6. The molecule has 0 atom stereocenters. The van der Waals surface area contributed by atoms with Gasteiger partial charge in [-0.05, 0) is 50.1 Å². The van der Waals surface area contributed by atoms with Gasteiger partial charge in [0.2, 0.25) is 5.91 Å². The molecule has 12 heteroatoms. The summed E-state index contributed by atoms with van der Waals surface area (Å²) in [5.41, 5.74) is 11.8. The van der Waals surface area contributed by atoms with E-state index >= 15 is 0 Å². The van der Waals surface area contributed by atoms with E-state index < -0.39 is 27.8 Å². The third-order valence-corrected chi connectivity index (χ3v) is 6.35. The number of nitrogens with two attached hydrogens (primary N) is 2. The van der Waals surface area contributed by atoms with Crippen molar-refractivity contribution in [2.45, 2.75) is 51.3 Å². The molecule has 0 aliphatic rings. The van der Waals surface area contributed by atoms with Gasteiger partial charge in [-0.15, -0.1) is 0 Å². The van der Waals surface area contributed by atoms with E-state index in [9.17, 15) is 18.0 Å².